The summed E-state index contributed by atoms with van der Waals surface area (Å²) < 4.78 is 11.0. The zero-order valence-corrected chi connectivity index (χ0v) is 17.4. The number of benzene rings is 2. The van der Waals surface area contributed by atoms with E-state index in [0.29, 0.717) is 48.5 Å². The van der Waals surface area contributed by atoms with E-state index in [9.17, 15) is 9.59 Å². The smallest absolute Gasteiger partial charge is 0.318 e. The molecule has 2 aliphatic heterocycles. The maximum Gasteiger partial charge on any atom is 0.318 e. The van der Waals surface area contributed by atoms with Crippen LogP contribution in [0.4, 0.5) is 10.5 Å². The summed E-state index contributed by atoms with van der Waals surface area (Å²) in [6.07, 6.45) is 0.729. The lowest BCUT2D eigenvalue weighted by Gasteiger charge is -2.27. The normalized spacial score (nSPS) is 14.8. The van der Waals surface area contributed by atoms with Gasteiger partial charge < -0.3 is 30.0 Å². The number of aromatic amines is 1. The standard InChI is InChI=1S/C22H21ClN4O4/c23-13-1-3-17-16(9-13)15-5-6-27(12-18(15)26-17)22(29)24-11-21(28)25-14-2-4-19-20(10-14)31-8-7-30-19/h1-4,9-10,26H,5-8,11-12H2,(H,24,29)(H,25,28). The van der Waals surface area contributed by atoms with Gasteiger partial charge in [-0.1, -0.05) is 11.6 Å². The van der Waals surface area contributed by atoms with Crippen molar-refractivity contribution < 1.29 is 19.1 Å². The maximum absolute atomic E-state index is 12.6. The summed E-state index contributed by atoms with van der Waals surface area (Å²) in [5.41, 5.74) is 3.79. The molecule has 0 bridgehead atoms. The minimum absolute atomic E-state index is 0.126. The highest BCUT2D eigenvalue weighted by Crippen LogP contribution is 2.32. The second kappa shape index (κ2) is 8.03. The number of ether oxygens (including phenoxy) is 2. The summed E-state index contributed by atoms with van der Waals surface area (Å²) in [7, 11) is 0. The summed E-state index contributed by atoms with van der Waals surface area (Å²) in [4.78, 5) is 29.9. The van der Waals surface area contributed by atoms with Crippen LogP contribution in [0.5, 0.6) is 11.5 Å². The number of halogens is 1. The lowest BCUT2D eigenvalue weighted by atomic mass is 10.0. The monoisotopic (exact) mass is 440 g/mol. The van der Waals surface area contributed by atoms with Gasteiger partial charge in [-0.3, -0.25) is 4.79 Å². The van der Waals surface area contributed by atoms with E-state index in [0.717, 1.165) is 23.0 Å². The zero-order chi connectivity index (χ0) is 21.4. The number of urea groups is 1. The average Bonchev–Trinajstić information content (AvgIpc) is 3.14. The minimum atomic E-state index is -0.317. The van der Waals surface area contributed by atoms with Gasteiger partial charge in [-0.2, -0.15) is 0 Å². The lowest BCUT2D eigenvalue weighted by molar-refractivity contribution is -0.115. The fourth-order valence-corrected chi connectivity index (χ4v) is 4.15. The summed E-state index contributed by atoms with van der Waals surface area (Å²) in [5.74, 6) is 0.932. The number of aromatic nitrogens is 1. The van der Waals surface area contributed by atoms with Gasteiger partial charge in [0.05, 0.1) is 13.1 Å². The molecule has 0 fully saturated rings. The maximum atomic E-state index is 12.6. The Labute approximate surface area is 183 Å². The van der Waals surface area contributed by atoms with Gasteiger partial charge in [0.25, 0.3) is 0 Å². The van der Waals surface area contributed by atoms with Gasteiger partial charge in [0.15, 0.2) is 11.5 Å². The Morgan fingerprint density at radius 1 is 1.10 bits per heavy atom. The minimum Gasteiger partial charge on any atom is -0.486 e. The molecule has 9 heteroatoms. The number of nitrogens with one attached hydrogen (secondary N) is 3. The number of hydrogen-bond acceptors (Lipinski definition) is 4. The van der Waals surface area contributed by atoms with Crippen molar-refractivity contribution >= 4 is 40.1 Å². The molecule has 2 aliphatic rings. The summed E-state index contributed by atoms with van der Waals surface area (Å²) in [6.45, 7) is 1.88. The van der Waals surface area contributed by atoms with Crippen LogP contribution in [0, 0.1) is 0 Å². The van der Waals surface area contributed by atoms with E-state index in [2.05, 4.69) is 15.6 Å². The molecule has 0 saturated carbocycles. The predicted molar refractivity (Wildman–Crippen MR) is 117 cm³/mol. The SMILES string of the molecule is O=C(CNC(=O)N1CCc2c([nH]c3ccc(Cl)cc23)C1)Nc1ccc2c(c1)OCCO2. The van der Waals surface area contributed by atoms with Crippen molar-refractivity contribution in [1.82, 2.24) is 15.2 Å². The van der Waals surface area contributed by atoms with Crippen molar-refractivity contribution in [3.63, 3.8) is 0 Å². The van der Waals surface area contributed by atoms with Crippen LogP contribution in [0.1, 0.15) is 11.3 Å². The summed E-state index contributed by atoms with van der Waals surface area (Å²) >= 11 is 6.12. The van der Waals surface area contributed by atoms with Gasteiger partial charge >= 0.3 is 6.03 Å². The molecule has 31 heavy (non-hydrogen) atoms. The Balaban J connectivity index is 1.17. The largest absolute Gasteiger partial charge is 0.486 e. The Morgan fingerprint density at radius 2 is 1.94 bits per heavy atom. The molecule has 1 aromatic heterocycles. The van der Waals surface area contributed by atoms with Crippen LogP contribution in [-0.2, 0) is 17.8 Å². The third kappa shape index (κ3) is 3.98. The molecule has 0 unspecified atom stereocenters. The van der Waals surface area contributed by atoms with Crippen LogP contribution < -0.4 is 20.1 Å². The molecule has 0 saturated heterocycles. The van der Waals surface area contributed by atoms with E-state index < -0.39 is 0 Å². The van der Waals surface area contributed by atoms with E-state index in [1.165, 1.54) is 5.56 Å². The molecule has 0 aliphatic carbocycles. The van der Waals surface area contributed by atoms with Crippen LogP contribution in [0.3, 0.4) is 0 Å². The van der Waals surface area contributed by atoms with Gasteiger partial charge in [-0.05, 0) is 42.3 Å². The first-order valence-electron chi connectivity index (χ1n) is 10.1. The van der Waals surface area contributed by atoms with Crippen molar-refractivity contribution in [1.29, 1.82) is 0 Å². The number of amides is 3. The number of hydrogen-bond donors (Lipinski definition) is 3. The second-order valence-electron chi connectivity index (χ2n) is 7.51. The van der Waals surface area contributed by atoms with E-state index in [-0.39, 0.29) is 18.5 Å². The molecule has 8 nitrogen and oxygen atoms in total. The van der Waals surface area contributed by atoms with Gasteiger partial charge in [0.2, 0.25) is 5.91 Å². The molecule has 3 N–H and O–H groups in total. The third-order valence-corrected chi connectivity index (χ3v) is 5.69. The van der Waals surface area contributed by atoms with Crippen LogP contribution in [-0.4, -0.2) is 48.1 Å². The van der Waals surface area contributed by atoms with Gasteiger partial charge in [0, 0.05) is 39.9 Å². The predicted octanol–water partition coefficient (Wildman–Crippen LogP) is 3.30. The Morgan fingerprint density at radius 3 is 2.81 bits per heavy atom. The molecule has 0 radical (unpaired) electrons. The quantitative estimate of drug-likeness (QED) is 0.582. The molecule has 2 aromatic carbocycles. The molecule has 3 heterocycles. The van der Waals surface area contributed by atoms with Crippen molar-refractivity contribution in [2.45, 2.75) is 13.0 Å². The number of carbonyl (C=O) groups excluding carboxylic acids is 2. The highest BCUT2D eigenvalue weighted by atomic mass is 35.5. The highest BCUT2D eigenvalue weighted by Gasteiger charge is 2.24. The van der Waals surface area contributed by atoms with Crippen LogP contribution in [0.25, 0.3) is 10.9 Å². The van der Waals surface area contributed by atoms with Gasteiger partial charge in [0.1, 0.15) is 13.2 Å². The van der Waals surface area contributed by atoms with Crippen LogP contribution in [0.15, 0.2) is 36.4 Å². The molecule has 0 atom stereocenters. The molecular weight excluding hydrogens is 420 g/mol. The average molecular weight is 441 g/mol. The highest BCUT2D eigenvalue weighted by molar-refractivity contribution is 6.31. The third-order valence-electron chi connectivity index (χ3n) is 5.45. The van der Waals surface area contributed by atoms with Gasteiger partial charge in [-0.25, -0.2) is 4.79 Å². The van der Waals surface area contributed by atoms with Gasteiger partial charge in [-0.15, -0.1) is 0 Å². The summed E-state index contributed by atoms with van der Waals surface area (Å²) in [6, 6.07) is 10.7. The Bertz CT molecular complexity index is 1180. The van der Waals surface area contributed by atoms with Crippen molar-refractivity contribution in [3.05, 3.63) is 52.7 Å². The number of carbonyl (C=O) groups is 2. The molecule has 0 spiro atoms. The molecule has 160 valence electrons. The van der Waals surface area contributed by atoms with E-state index in [4.69, 9.17) is 21.1 Å². The van der Waals surface area contributed by atoms with Crippen LogP contribution in [0.2, 0.25) is 5.02 Å². The first kappa shape index (κ1) is 19.6. The number of nitrogens with zero attached hydrogens (tertiary/aromatic N) is 1. The van der Waals surface area contributed by atoms with E-state index in [1.807, 2.05) is 18.2 Å². The molecule has 3 aromatic rings. The molecule has 5 rings (SSSR count). The fraction of sp³-hybridized carbons (Fsp3) is 0.273. The van der Waals surface area contributed by atoms with Crippen molar-refractivity contribution in [3.8, 4) is 11.5 Å². The molecule has 3 amide bonds. The van der Waals surface area contributed by atoms with E-state index >= 15 is 0 Å². The van der Waals surface area contributed by atoms with Crippen molar-refractivity contribution in [2.24, 2.45) is 0 Å². The fourth-order valence-electron chi connectivity index (χ4n) is 3.98. The number of fused-ring (bicyclic) bond motifs is 4. The van der Waals surface area contributed by atoms with E-state index in [1.54, 1.807) is 23.1 Å². The topological polar surface area (TPSA) is 95.7 Å². The number of anilines is 1. The Hall–Kier alpha value is -3.39. The first-order chi connectivity index (χ1) is 15.1. The number of rotatable bonds is 3. The van der Waals surface area contributed by atoms with Crippen LogP contribution >= 0.6 is 11.6 Å². The Kier molecular flexibility index (Phi) is 5.07. The zero-order valence-electron chi connectivity index (χ0n) is 16.7. The first-order valence-corrected chi connectivity index (χ1v) is 10.5. The summed E-state index contributed by atoms with van der Waals surface area (Å²) in [5, 5.41) is 7.25. The number of H-pyrrole nitrogens is 1. The second-order valence-corrected chi connectivity index (χ2v) is 7.95. The lowest BCUT2D eigenvalue weighted by Crippen LogP contribution is -2.45. The molecular formula is C22H21ClN4O4. The van der Waals surface area contributed by atoms with Crippen molar-refractivity contribution in [2.75, 3.05) is 31.6 Å².